The third-order valence-corrected chi connectivity index (χ3v) is 7.52. The normalized spacial score (nSPS) is 13.8. The number of benzene rings is 2. The Balaban J connectivity index is 1.48. The molecular formula is C23H25ClN4O3S. The first-order chi connectivity index (χ1) is 15.2. The van der Waals surface area contributed by atoms with Crippen molar-refractivity contribution in [2.45, 2.75) is 50.7 Å². The van der Waals surface area contributed by atoms with Crippen LogP contribution in [0.4, 0.5) is 0 Å². The summed E-state index contributed by atoms with van der Waals surface area (Å²) < 4.78 is 29.6. The fraction of sp³-hybridized carbons (Fsp3) is 0.304. The lowest BCUT2D eigenvalue weighted by Gasteiger charge is -2.11. The number of amides is 1. The summed E-state index contributed by atoms with van der Waals surface area (Å²) >= 11 is 6.11. The van der Waals surface area contributed by atoms with Crippen molar-refractivity contribution < 1.29 is 13.2 Å². The Hall–Kier alpha value is -2.68. The molecule has 1 aromatic heterocycles. The average molecular weight is 473 g/mol. The smallest absolute Gasteiger partial charge is 0.251 e. The first kappa shape index (κ1) is 22.5. The van der Waals surface area contributed by atoms with Crippen LogP contribution in [0.15, 0.2) is 53.4 Å². The zero-order valence-corrected chi connectivity index (χ0v) is 19.5. The average Bonchev–Trinajstić information content (AvgIpc) is 3.52. The molecule has 1 amide bonds. The molecule has 1 aliphatic rings. The molecule has 1 saturated carbocycles. The minimum atomic E-state index is -3.77. The quantitative estimate of drug-likeness (QED) is 0.524. The van der Waals surface area contributed by atoms with Crippen LogP contribution in [0.3, 0.4) is 0 Å². The Morgan fingerprint density at radius 3 is 2.56 bits per heavy atom. The van der Waals surface area contributed by atoms with E-state index in [1.807, 2.05) is 48.9 Å². The van der Waals surface area contributed by atoms with E-state index in [4.69, 9.17) is 11.6 Å². The van der Waals surface area contributed by atoms with Gasteiger partial charge in [-0.1, -0.05) is 41.9 Å². The van der Waals surface area contributed by atoms with Gasteiger partial charge in [0.05, 0.1) is 17.3 Å². The Kier molecular flexibility index (Phi) is 6.37. The van der Waals surface area contributed by atoms with E-state index in [9.17, 15) is 13.2 Å². The molecular weight excluding hydrogens is 448 g/mol. The Morgan fingerprint density at radius 1 is 1.16 bits per heavy atom. The first-order valence-corrected chi connectivity index (χ1v) is 12.3. The summed E-state index contributed by atoms with van der Waals surface area (Å²) in [6.45, 7) is 4.82. The molecule has 1 fully saturated rings. The van der Waals surface area contributed by atoms with Crippen molar-refractivity contribution >= 4 is 27.5 Å². The van der Waals surface area contributed by atoms with Crippen LogP contribution in [-0.4, -0.2) is 30.1 Å². The largest absolute Gasteiger partial charge is 0.348 e. The van der Waals surface area contributed by atoms with Gasteiger partial charge in [-0.25, -0.2) is 13.1 Å². The summed E-state index contributed by atoms with van der Waals surface area (Å²) in [5, 5.41) is 7.57. The molecule has 2 aromatic carbocycles. The first-order valence-electron chi connectivity index (χ1n) is 10.4. The summed E-state index contributed by atoms with van der Waals surface area (Å²) in [6, 6.07) is 14.3. The molecule has 2 N–H and O–H groups in total. The van der Waals surface area contributed by atoms with Crippen molar-refractivity contribution in [1.29, 1.82) is 0 Å². The van der Waals surface area contributed by atoms with Gasteiger partial charge in [-0.05, 0) is 50.5 Å². The number of hydrogen-bond acceptors (Lipinski definition) is 4. The number of carbonyl (C=O) groups is 1. The monoisotopic (exact) mass is 472 g/mol. The summed E-state index contributed by atoms with van der Waals surface area (Å²) in [7, 11) is -3.77. The number of carbonyl (C=O) groups excluding carboxylic acids is 1. The van der Waals surface area contributed by atoms with Gasteiger partial charge in [0.1, 0.15) is 4.90 Å². The molecule has 0 aliphatic heterocycles. The van der Waals surface area contributed by atoms with Crippen LogP contribution in [0, 0.1) is 13.8 Å². The predicted octanol–water partition coefficient (Wildman–Crippen LogP) is 3.57. The maximum atomic E-state index is 12.8. The molecule has 3 aromatic rings. The van der Waals surface area contributed by atoms with Gasteiger partial charge in [0.2, 0.25) is 10.0 Å². The molecule has 0 radical (unpaired) electrons. The number of aromatic nitrogens is 2. The highest BCUT2D eigenvalue weighted by Gasteiger charge is 2.29. The second-order valence-electron chi connectivity index (χ2n) is 8.02. The topological polar surface area (TPSA) is 93.1 Å². The SMILES string of the molecule is Cc1nn(Cc2ccccc2)c(C)c1CNC(=O)c1ccc(Cl)c(S(=O)(=O)NC2CC2)c1. The zero-order valence-electron chi connectivity index (χ0n) is 17.9. The number of aryl methyl sites for hydroxylation is 1. The van der Waals surface area contributed by atoms with Crippen molar-refractivity contribution in [3.8, 4) is 0 Å². The minimum Gasteiger partial charge on any atom is -0.348 e. The van der Waals surface area contributed by atoms with E-state index in [0.717, 1.165) is 35.4 Å². The standard InChI is InChI=1S/C23H25ClN4O3S/c1-15-20(16(2)28(26-15)14-17-6-4-3-5-7-17)13-25-23(29)18-8-11-21(24)22(12-18)32(30,31)27-19-9-10-19/h3-8,11-12,19,27H,9-10,13-14H2,1-2H3,(H,25,29). The predicted molar refractivity (Wildman–Crippen MR) is 123 cm³/mol. The number of rotatable bonds is 8. The summed E-state index contributed by atoms with van der Waals surface area (Å²) in [5.41, 5.74) is 4.12. The molecule has 0 saturated heterocycles. The summed E-state index contributed by atoms with van der Waals surface area (Å²) in [5.74, 6) is -0.376. The van der Waals surface area contributed by atoms with Crippen LogP contribution >= 0.6 is 11.6 Å². The molecule has 0 atom stereocenters. The van der Waals surface area contributed by atoms with Crippen molar-refractivity contribution in [1.82, 2.24) is 19.8 Å². The highest BCUT2D eigenvalue weighted by atomic mass is 35.5. The van der Waals surface area contributed by atoms with Crippen LogP contribution in [-0.2, 0) is 23.1 Å². The fourth-order valence-electron chi connectivity index (χ4n) is 3.51. The zero-order chi connectivity index (χ0) is 22.9. The molecule has 7 nitrogen and oxygen atoms in total. The van der Waals surface area contributed by atoms with Crippen molar-refractivity contribution in [2.75, 3.05) is 0 Å². The highest BCUT2D eigenvalue weighted by Crippen LogP contribution is 2.27. The number of nitrogens with zero attached hydrogens (tertiary/aromatic N) is 2. The van der Waals surface area contributed by atoms with Gasteiger partial charge in [0, 0.05) is 29.4 Å². The van der Waals surface area contributed by atoms with Gasteiger partial charge < -0.3 is 5.32 Å². The number of sulfonamides is 1. The van der Waals surface area contributed by atoms with E-state index < -0.39 is 10.0 Å². The Morgan fingerprint density at radius 2 is 1.88 bits per heavy atom. The van der Waals surface area contributed by atoms with Gasteiger partial charge in [-0.15, -0.1) is 0 Å². The molecule has 0 spiro atoms. The van der Waals surface area contributed by atoms with Gasteiger partial charge >= 0.3 is 0 Å². The lowest BCUT2D eigenvalue weighted by molar-refractivity contribution is 0.0950. The van der Waals surface area contributed by atoms with Crippen LogP contribution in [0.5, 0.6) is 0 Å². The highest BCUT2D eigenvalue weighted by molar-refractivity contribution is 7.89. The molecule has 0 bridgehead atoms. The Labute approximate surface area is 192 Å². The van der Waals surface area contributed by atoms with Crippen LogP contribution in [0.1, 0.15) is 45.7 Å². The maximum absolute atomic E-state index is 12.8. The van der Waals surface area contributed by atoms with Crippen molar-refractivity contribution in [3.63, 3.8) is 0 Å². The molecule has 1 aliphatic carbocycles. The van der Waals surface area contributed by atoms with Crippen LogP contribution < -0.4 is 10.0 Å². The number of nitrogens with one attached hydrogen (secondary N) is 2. The van der Waals surface area contributed by atoms with Gasteiger partial charge in [-0.2, -0.15) is 5.10 Å². The van der Waals surface area contributed by atoms with Gasteiger partial charge in [0.25, 0.3) is 5.91 Å². The number of hydrogen-bond donors (Lipinski definition) is 2. The van der Waals surface area contributed by atoms with E-state index in [1.54, 1.807) is 0 Å². The van der Waals surface area contributed by atoms with Crippen LogP contribution in [0.2, 0.25) is 5.02 Å². The van der Waals surface area contributed by atoms with Crippen molar-refractivity contribution in [3.05, 3.63) is 81.6 Å². The third-order valence-electron chi connectivity index (χ3n) is 5.51. The van der Waals surface area contributed by atoms with E-state index in [1.165, 1.54) is 18.2 Å². The number of halogens is 1. The van der Waals surface area contributed by atoms with Gasteiger partial charge in [-0.3, -0.25) is 9.48 Å². The van der Waals surface area contributed by atoms with E-state index in [0.29, 0.717) is 6.54 Å². The molecule has 32 heavy (non-hydrogen) atoms. The maximum Gasteiger partial charge on any atom is 0.251 e. The van der Waals surface area contributed by atoms with Crippen molar-refractivity contribution in [2.24, 2.45) is 0 Å². The summed E-state index contributed by atoms with van der Waals surface area (Å²) in [6.07, 6.45) is 1.63. The minimum absolute atomic E-state index is 0.0491. The van der Waals surface area contributed by atoms with Gasteiger partial charge in [0.15, 0.2) is 0 Å². The lowest BCUT2D eigenvalue weighted by Crippen LogP contribution is -2.27. The molecule has 0 unspecified atom stereocenters. The third kappa shape index (κ3) is 5.03. The Bertz CT molecular complexity index is 1250. The summed E-state index contributed by atoms with van der Waals surface area (Å²) in [4.78, 5) is 12.7. The van der Waals surface area contributed by atoms with Crippen LogP contribution in [0.25, 0.3) is 0 Å². The molecule has 168 valence electrons. The van der Waals surface area contributed by atoms with E-state index in [-0.39, 0.29) is 34.0 Å². The fourth-order valence-corrected chi connectivity index (χ4v) is 5.34. The van der Waals surface area contributed by atoms with E-state index >= 15 is 0 Å². The lowest BCUT2D eigenvalue weighted by atomic mass is 10.1. The molecule has 1 heterocycles. The second-order valence-corrected chi connectivity index (χ2v) is 10.1. The molecule has 9 heteroatoms. The second kappa shape index (κ2) is 9.05. The molecule has 4 rings (SSSR count). The van der Waals surface area contributed by atoms with E-state index in [2.05, 4.69) is 15.1 Å².